The van der Waals surface area contributed by atoms with E-state index in [-0.39, 0.29) is 12.1 Å². The standard InChI is InChI=1S/C20H20N2O/c1-2-23-20-14-17(16-9-5-3-6-10-16)13-19(15-21)22(20)18-11-7-4-8-12-18/h3-13,17,20H,2,14H2,1H3/t17-,20+/m1/s1. The van der Waals surface area contributed by atoms with Crippen molar-refractivity contribution in [2.24, 2.45) is 0 Å². The lowest BCUT2D eigenvalue weighted by Crippen LogP contribution is -2.40. The zero-order valence-electron chi connectivity index (χ0n) is 13.2. The first-order valence-corrected chi connectivity index (χ1v) is 7.96. The second kappa shape index (κ2) is 7.13. The van der Waals surface area contributed by atoms with E-state index in [9.17, 15) is 5.26 Å². The van der Waals surface area contributed by atoms with Crippen LogP contribution in [0.25, 0.3) is 0 Å². The van der Waals surface area contributed by atoms with E-state index in [0.717, 1.165) is 12.1 Å². The van der Waals surface area contributed by atoms with Crippen molar-refractivity contribution >= 4 is 5.69 Å². The van der Waals surface area contributed by atoms with Gasteiger partial charge < -0.3 is 9.64 Å². The van der Waals surface area contributed by atoms with Gasteiger partial charge in [0.05, 0.1) is 0 Å². The van der Waals surface area contributed by atoms with Crippen LogP contribution in [0, 0.1) is 11.3 Å². The Morgan fingerprint density at radius 2 is 1.74 bits per heavy atom. The molecule has 23 heavy (non-hydrogen) atoms. The Morgan fingerprint density at radius 3 is 2.35 bits per heavy atom. The fourth-order valence-corrected chi connectivity index (χ4v) is 3.07. The number of allylic oxidation sites excluding steroid dienone is 2. The Bertz CT molecular complexity index is 703. The Balaban J connectivity index is 2.00. The molecular weight excluding hydrogens is 284 g/mol. The number of para-hydroxylation sites is 1. The Kier molecular flexibility index (Phi) is 4.75. The summed E-state index contributed by atoms with van der Waals surface area (Å²) in [5.41, 5.74) is 2.86. The first kappa shape index (κ1) is 15.3. The Labute approximate surface area is 137 Å². The van der Waals surface area contributed by atoms with Crippen molar-refractivity contribution < 1.29 is 4.74 Å². The number of nitrogens with zero attached hydrogens (tertiary/aromatic N) is 2. The molecule has 2 atom stereocenters. The highest BCUT2D eigenvalue weighted by atomic mass is 16.5. The molecule has 1 aliphatic rings. The van der Waals surface area contributed by atoms with Crippen LogP contribution < -0.4 is 4.90 Å². The van der Waals surface area contributed by atoms with E-state index in [4.69, 9.17) is 4.74 Å². The van der Waals surface area contributed by atoms with Gasteiger partial charge in [0.1, 0.15) is 18.0 Å². The molecule has 1 aliphatic heterocycles. The lowest BCUT2D eigenvalue weighted by Gasteiger charge is -2.38. The van der Waals surface area contributed by atoms with Crippen molar-refractivity contribution in [2.45, 2.75) is 25.5 Å². The molecule has 3 rings (SSSR count). The minimum atomic E-state index is -0.132. The number of nitriles is 1. The third-order valence-electron chi connectivity index (χ3n) is 4.10. The number of hydrogen-bond acceptors (Lipinski definition) is 3. The van der Waals surface area contributed by atoms with Gasteiger partial charge in [0.25, 0.3) is 0 Å². The van der Waals surface area contributed by atoms with Crippen LogP contribution in [0.3, 0.4) is 0 Å². The van der Waals surface area contributed by atoms with Crippen LogP contribution in [0.1, 0.15) is 24.8 Å². The lowest BCUT2D eigenvalue weighted by molar-refractivity contribution is 0.0535. The highest BCUT2D eigenvalue weighted by Crippen LogP contribution is 2.36. The monoisotopic (exact) mass is 304 g/mol. The fraction of sp³-hybridized carbons (Fsp3) is 0.250. The van der Waals surface area contributed by atoms with Crippen LogP contribution in [0.15, 0.2) is 72.4 Å². The van der Waals surface area contributed by atoms with Crippen molar-refractivity contribution in [1.82, 2.24) is 0 Å². The molecule has 0 fully saturated rings. The Hall–Kier alpha value is -2.57. The van der Waals surface area contributed by atoms with Gasteiger partial charge in [-0.1, -0.05) is 48.5 Å². The molecular formula is C20H20N2O. The van der Waals surface area contributed by atoms with Gasteiger partial charge in [-0.15, -0.1) is 0 Å². The maximum Gasteiger partial charge on any atom is 0.135 e. The summed E-state index contributed by atoms with van der Waals surface area (Å²) >= 11 is 0. The molecule has 0 radical (unpaired) electrons. The number of rotatable bonds is 4. The quantitative estimate of drug-likeness (QED) is 0.837. The van der Waals surface area contributed by atoms with Gasteiger partial charge in [0.15, 0.2) is 0 Å². The normalized spacial score (nSPS) is 20.7. The zero-order chi connectivity index (χ0) is 16.1. The minimum absolute atomic E-state index is 0.132. The minimum Gasteiger partial charge on any atom is -0.358 e. The summed E-state index contributed by atoms with van der Waals surface area (Å²) in [6, 6.07) is 22.6. The number of anilines is 1. The van der Waals surface area contributed by atoms with Crippen molar-refractivity contribution in [1.29, 1.82) is 5.26 Å². The van der Waals surface area contributed by atoms with Crippen LogP contribution in [0.4, 0.5) is 5.69 Å². The summed E-state index contributed by atoms with van der Waals surface area (Å²) < 4.78 is 5.97. The summed E-state index contributed by atoms with van der Waals surface area (Å²) in [6.07, 6.45) is 2.75. The first-order valence-electron chi connectivity index (χ1n) is 7.96. The van der Waals surface area contributed by atoms with Gasteiger partial charge >= 0.3 is 0 Å². The second-order valence-electron chi connectivity index (χ2n) is 5.53. The molecule has 3 heteroatoms. The molecule has 0 aromatic heterocycles. The van der Waals surface area contributed by atoms with Crippen LogP contribution >= 0.6 is 0 Å². The van der Waals surface area contributed by atoms with Crippen LogP contribution in [0.2, 0.25) is 0 Å². The Morgan fingerprint density at radius 1 is 1.09 bits per heavy atom. The predicted molar refractivity (Wildman–Crippen MR) is 91.8 cm³/mol. The molecule has 2 aromatic rings. The van der Waals surface area contributed by atoms with Crippen molar-refractivity contribution in [3.05, 3.63) is 78.0 Å². The van der Waals surface area contributed by atoms with E-state index in [1.165, 1.54) is 5.56 Å². The number of ether oxygens (including phenoxy) is 1. The van der Waals surface area contributed by atoms with Gasteiger partial charge in [-0.3, -0.25) is 0 Å². The molecule has 0 saturated heterocycles. The van der Waals surface area contributed by atoms with Gasteiger partial charge in [-0.25, -0.2) is 0 Å². The molecule has 0 aliphatic carbocycles. The lowest BCUT2D eigenvalue weighted by atomic mass is 9.90. The van der Waals surface area contributed by atoms with E-state index >= 15 is 0 Å². The smallest absolute Gasteiger partial charge is 0.135 e. The molecule has 0 N–H and O–H groups in total. The molecule has 116 valence electrons. The van der Waals surface area contributed by atoms with Crippen LogP contribution in [-0.4, -0.2) is 12.8 Å². The number of hydrogen-bond donors (Lipinski definition) is 0. The topological polar surface area (TPSA) is 36.3 Å². The van der Waals surface area contributed by atoms with Gasteiger partial charge in [-0.2, -0.15) is 5.26 Å². The van der Waals surface area contributed by atoms with E-state index in [1.54, 1.807) is 0 Å². The third-order valence-corrected chi connectivity index (χ3v) is 4.10. The molecule has 0 bridgehead atoms. The third kappa shape index (κ3) is 3.28. The first-order chi connectivity index (χ1) is 11.3. The molecule has 0 saturated carbocycles. The van der Waals surface area contributed by atoms with E-state index in [2.05, 4.69) is 24.3 Å². The van der Waals surface area contributed by atoms with Crippen molar-refractivity contribution in [3.8, 4) is 6.07 Å². The number of benzene rings is 2. The molecule has 1 heterocycles. The summed E-state index contributed by atoms with van der Waals surface area (Å²) in [6.45, 7) is 2.61. The maximum atomic E-state index is 9.66. The average molecular weight is 304 g/mol. The fourth-order valence-electron chi connectivity index (χ4n) is 3.07. The second-order valence-corrected chi connectivity index (χ2v) is 5.53. The van der Waals surface area contributed by atoms with E-state index in [0.29, 0.717) is 12.3 Å². The molecule has 0 amide bonds. The highest BCUT2D eigenvalue weighted by Gasteiger charge is 2.31. The summed E-state index contributed by atoms with van der Waals surface area (Å²) in [7, 11) is 0. The maximum absolute atomic E-state index is 9.66. The zero-order valence-corrected chi connectivity index (χ0v) is 13.2. The predicted octanol–water partition coefficient (Wildman–Crippen LogP) is 4.45. The van der Waals surface area contributed by atoms with Crippen LogP contribution in [0.5, 0.6) is 0 Å². The van der Waals surface area contributed by atoms with Crippen molar-refractivity contribution in [3.63, 3.8) is 0 Å². The van der Waals surface area contributed by atoms with Crippen LogP contribution in [-0.2, 0) is 4.74 Å². The average Bonchev–Trinajstić information content (AvgIpc) is 2.63. The summed E-state index contributed by atoms with van der Waals surface area (Å²) in [5.74, 6) is 0.197. The molecule has 2 aromatic carbocycles. The van der Waals surface area contributed by atoms with Gasteiger partial charge in [0.2, 0.25) is 0 Å². The summed E-state index contributed by atoms with van der Waals surface area (Å²) in [5, 5.41) is 9.66. The highest BCUT2D eigenvalue weighted by molar-refractivity contribution is 5.58. The van der Waals surface area contributed by atoms with Gasteiger partial charge in [0, 0.05) is 24.6 Å². The summed E-state index contributed by atoms with van der Waals surface area (Å²) in [4.78, 5) is 2.00. The molecule has 0 unspecified atom stereocenters. The largest absolute Gasteiger partial charge is 0.358 e. The van der Waals surface area contributed by atoms with Gasteiger partial charge in [-0.05, 0) is 30.7 Å². The van der Waals surface area contributed by atoms with Crippen molar-refractivity contribution in [2.75, 3.05) is 11.5 Å². The van der Waals surface area contributed by atoms with E-state index in [1.807, 2.05) is 60.4 Å². The molecule has 0 spiro atoms. The SMILES string of the molecule is CCO[C@H]1C[C@H](c2ccccc2)C=C(C#N)N1c1ccccc1. The van der Waals surface area contributed by atoms with E-state index < -0.39 is 0 Å². The molecule has 3 nitrogen and oxygen atoms in total.